The Morgan fingerprint density at radius 3 is 2.61 bits per heavy atom. The highest BCUT2D eigenvalue weighted by molar-refractivity contribution is 5.77. The number of rotatable bonds is 6. The Balaban J connectivity index is 1.80. The van der Waals surface area contributed by atoms with Crippen molar-refractivity contribution in [1.29, 1.82) is 0 Å². The van der Waals surface area contributed by atoms with Crippen molar-refractivity contribution in [3.05, 3.63) is 57.5 Å². The fourth-order valence-corrected chi connectivity index (χ4v) is 3.70. The highest BCUT2D eigenvalue weighted by Gasteiger charge is 2.28. The summed E-state index contributed by atoms with van der Waals surface area (Å²) in [6.07, 6.45) is 1.80. The van der Waals surface area contributed by atoms with Crippen LogP contribution in [0.25, 0.3) is 0 Å². The second-order valence-electron chi connectivity index (χ2n) is 7.82. The summed E-state index contributed by atoms with van der Waals surface area (Å²) in [5, 5.41) is 16.0. The molecule has 0 radical (unpaired) electrons. The van der Waals surface area contributed by atoms with Crippen molar-refractivity contribution in [2.45, 2.75) is 39.5 Å². The van der Waals surface area contributed by atoms with Crippen LogP contribution in [0.15, 0.2) is 35.3 Å². The molecule has 28 heavy (non-hydrogen) atoms. The Morgan fingerprint density at radius 1 is 1.29 bits per heavy atom. The largest absolute Gasteiger partial charge is 0.480 e. The molecule has 2 aromatic rings. The van der Waals surface area contributed by atoms with E-state index in [0.29, 0.717) is 12.1 Å². The first-order valence-electron chi connectivity index (χ1n) is 9.44. The lowest BCUT2D eigenvalue weighted by molar-refractivity contribution is -0.140. The molecule has 1 aromatic carbocycles. The number of anilines is 2. The van der Waals surface area contributed by atoms with Gasteiger partial charge >= 0.3 is 5.97 Å². The first-order valence-corrected chi connectivity index (χ1v) is 9.44. The predicted octanol–water partition coefficient (Wildman–Crippen LogP) is 2.45. The third kappa shape index (κ3) is 3.75. The van der Waals surface area contributed by atoms with E-state index in [4.69, 9.17) is 0 Å². The van der Waals surface area contributed by atoms with Gasteiger partial charge in [0.1, 0.15) is 12.2 Å². The third-order valence-corrected chi connectivity index (χ3v) is 5.28. The van der Waals surface area contributed by atoms with Gasteiger partial charge in [-0.3, -0.25) is 9.59 Å². The van der Waals surface area contributed by atoms with E-state index in [1.54, 1.807) is 11.6 Å². The second-order valence-corrected chi connectivity index (χ2v) is 7.82. The Hall–Kier alpha value is -2.80. The molecule has 0 saturated carbocycles. The van der Waals surface area contributed by atoms with Crippen molar-refractivity contribution in [1.82, 2.24) is 9.88 Å². The van der Waals surface area contributed by atoms with Crippen LogP contribution in [0.2, 0.25) is 0 Å². The number of nitrogens with zero attached hydrogens (tertiary/aromatic N) is 2. The number of nitrogens with one attached hydrogen (secondary N) is 2. The van der Waals surface area contributed by atoms with Crippen LogP contribution in [0, 0.1) is 12.8 Å². The zero-order chi connectivity index (χ0) is 20.6. The Morgan fingerprint density at radius 2 is 2.00 bits per heavy atom. The van der Waals surface area contributed by atoms with Crippen molar-refractivity contribution >= 4 is 17.3 Å². The quantitative estimate of drug-likeness (QED) is 0.709. The van der Waals surface area contributed by atoms with E-state index in [9.17, 15) is 14.7 Å². The summed E-state index contributed by atoms with van der Waals surface area (Å²) in [4.78, 5) is 25.5. The van der Waals surface area contributed by atoms with Crippen LogP contribution in [0.1, 0.15) is 36.7 Å². The lowest BCUT2D eigenvalue weighted by Crippen LogP contribution is -2.40. The fourth-order valence-electron chi connectivity index (χ4n) is 3.70. The molecule has 150 valence electrons. The van der Waals surface area contributed by atoms with E-state index in [2.05, 4.69) is 15.5 Å². The van der Waals surface area contributed by atoms with Gasteiger partial charge in [0, 0.05) is 38.0 Å². The van der Waals surface area contributed by atoms with Crippen molar-refractivity contribution in [3.8, 4) is 0 Å². The molecule has 2 heterocycles. The van der Waals surface area contributed by atoms with Crippen molar-refractivity contribution in [3.63, 3.8) is 0 Å². The molecule has 3 rings (SSSR count). The highest BCUT2D eigenvalue weighted by atomic mass is 16.4. The monoisotopic (exact) mass is 384 g/mol. The molecular weight excluding hydrogens is 356 g/mol. The number of aryl methyl sites for hydroxylation is 2. The van der Waals surface area contributed by atoms with Gasteiger partial charge in [0.15, 0.2) is 0 Å². The van der Waals surface area contributed by atoms with Gasteiger partial charge in [0.2, 0.25) is 0 Å². The summed E-state index contributed by atoms with van der Waals surface area (Å²) in [5.74, 6) is -0.826. The molecule has 3 N–H and O–H groups in total. The number of carboxylic acid groups (broad SMARTS) is 1. The van der Waals surface area contributed by atoms with Crippen LogP contribution in [-0.2, 0) is 18.4 Å². The zero-order valence-corrected chi connectivity index (χ0v) is 17.0. The molecule has 1 aromatic heterocycles. The Bertz CT molecular complexity index is 925. The number of aromatic nitrogens is 1. The van der Waals surface area contributed by atoms with Crippen LogP contribution in [0.3, 0.4) is 0 Å². The van der Waals surface area contributed by atoms with Crippen LogP contribution in [0.4, 0.5) is 11.4 Å². The summed E-state index contributed by atoms with van der Waals surface area (Å²) >= 11 is 0. The van der Waals surface area contributed by atoms with Gasteiger partial charge in [-0.2, -0.15) is 0 Å². The van der Waals surface area contributed by atoms with Gasteiger partial charge in [-0.1, -0.05) is 19.9 Å². The van der Waals surface area contributed by atoms with Gasteiger partial charge in [0.25, 0.3) is 5.56 Å². The highest BCUT2D eigenvalue weighted by Crippen LogP contribution is 2.40. The number of carbonyl (C=O) groups is 1. The molecule has 2 unspecified atom stereocenters. The lowest BCUT2D eigenvalue weighted by Gasteiger charge is -2.23. The Labute approximate surface area is 165 Å². The standard InChI is InChI=1S/C21H28N4O3/c1-12(2)18(21(27)28)22-10-14-6-7-17-16(9-14)23-19(25(17)5)15-8-13(3)20(26)24(4)11-15/h6-9,11-12,18-19,22-23H,10H2,1-5H3,(H,27,28). The summed E-state index contributed by atoms with van der Waals surface area (Å²) in [5.41, 5.74) is 4.82. The molecule has 0 bridgehead atoms. The van der Waals surface area contributed by atoms with E-state index >= 15 is 0 Å². The number of benzene rings is 1. The maximum atomic E-state index is 12.0. The summed E-state index contributed by atoms with van der Waals surface area (Å²) < 4.78 is 1.61. The van der Waals surface area contributed by atoms with Gasteiger partial charge < -0.3 is 25.2 Å². The van der Waals surface area contributed by atoms with E-state index in [1.807, 2.05) is 58.3 Å². The van der Waals surface area contributed by atoms with Crippen LogP contribution in [-0.4, -0.2) is 28.7 Å². The second kappa shape index (κ2) is 7.67. The van der Waals surface area contributed by atoms with E-state index in [0.717, 1.165) is 22.5 Å². The number of pyridine rings is 1. The Kier molecular flexibility index (Phi) is 5.47. The molecule has 0 spiro atoms. The van der Waals surface area contributed by atoms with Gasteiger partial charge in [-0.15, -0.1) is 0 Å². The maximum absolute atomic E-state index is 12.0. The molecule has 0 saturated heterocycles. The summed E-state index contributed by atoms with van der Waals surface area (Å²) in [6, 6.07) is 7.44. The normalized spacial score (nSPS) is 16.8. The number of carboxylic acids is 1. The van der Waals surface area contributed by atoms with Crippen LogP contribution in [0.5, 0.6) is 0 Å². The van der Waals surface area contributed by atoms with E-state index < -0.39 is 12.0 Å². The molecule has 0 fully saturated rings. The minimum absolute atomic E-state index is 0.00779. The minimum Gasteiger partial charge on any atom is -0.480 e. The molecular formula is C21H28N4O3. The molecule has 0 amide bonds. The topological polar surface area (TPSA) is 86.6 Å². The summed E-state index contributed by atoms with van der Waals surface area (Å²) in [7, 11) is 3.78. The third-order valence-electron chi connectivity index (χ3n) is 5.28. The predicted molar refractivity (Wildman–Crippen MR) is 111 cm³/mol. The smallest absolute Gasteiger partial charge is 0.320 e. The minimum atomic E-state index is -0.834. The molecule has 2 atom stereocenters. The van der Waals surface area contributed by atoms with Crippen LogP contribution >= 0.6 is 0 Å². The van der Waals surface area contributed by atoms with E-state index in [1.165, 1.54) is 0 Å². The molecule has 0 aliphatic carbocycles. The molecule has 1 aliphatic rings. The SMILES string of the molecule is Cc1cc(C2Nc3cc(CNC(C(=O)O)C(C)C)ccc3N2C)cn(C)c1=O. The zero-order valence-electron chi connectivity index (χ0n) is 17.0. The van der Waals surface area contributed by atoms with Gasteiger partial charge in [-0.05, 0) is 36.6 Å². The van der Waals surface area contributed by atoms with Gasteiger partial charge in [-0.25, -0.2) is 0 Å². The average Bonchev–Trinajstić information content (AvgIpc) is 2.95. The number of hydrogen-bond donors (Lipinski definition) is 3. The molecule has 7 nitrogen and oxygen atoms in total. The molecule has 7 heteroatoms. The first kappa shape index (κ1) is 19.9. The van der Waals surface area contributed by atoms with Crippen molar-refractivity contribution in [2.24, 2.45) is 13.0 Å². The van der Waals surface area contributed by atoms with Crippen LogP contribution < -0.4 is 21.1 Å². The fraction of sp³-hybridized carbons (Fsp3) is 0.429. The first-order chi connectivity index (χ1) is 13.2. The van der Waals surface area contributed by atoms with Gasteiger partial charge in [0.05, 0.1) is 11.4 Å². The average molecular weight is 384 g/mol. The van der Waals surface area contributed by atoms with E-state index in [-0.39, 0.29) is 17.6 Å². The molecule has 1 aliphatic heterocycles. The number of fused-ring (bicyclic) bond motifs is 1. The van der Waals surface area contributed by atoms with Crippen molar-refractivity contribution < 1.29 is 9.90 Å². The maximum Gasteiger partial charge on any atom is 0.320 e. The lowest BCUT2D eigenvalue weighted by atomic mass is 10.0. The number of hydrogen-bond acceptors (Lipinski definition) is 5. The van der Waals surface area contributed by atoms with Crippen molar-refractivity contribution in [2.75, 3.05) is 17.3 Å². The number of aliphatic carboxylic acids is 1. The summed E-state index contributed by atoms with van der Waals surface area (Å²) in [6.45, 7) is 6.10.